The van der Waals surface area contributed by atoms with Crippen molar-refractivity contribution < 1.29 is 38.2 Å². The van der Waals surface area contributed by atoms with Gasteiger partial charge in [0.25, 0.3) is 0 Å². The fourth-order valence-corrected chi connectivity index (χ4v) is 6.57. The predicted octanol–water partition coefficient (Wildman–Crippen LogP) is 13.7. The molecule has 348 valence electrons. The molecule has 1 N–H and O–H groups in total. The molecule has 8 heteroatoms. The normalized spacial score (nSPS) is 13.7. The highest BCUT2D eigenvalue weighted by molar-refractivity contribution is 5.72. The number of carbonyl (C=O) groups is 3. The summed E-state index contributed by atoms with van der Waals surface area (Å²) in [6, 6.07) is -0.629. The number of rotatable bonds is 42. The van der Waals surface area contributed by atoms with Gasteiger partial charge in [-0.25, -0.2) is 4.79 Å². The molecule has 0 heterocycles. The summed E-state index contributed by atoms with van der Waals surface area (Å²) in [5.74, 6) is -1.56. The van der Waals surface area contributed by atoms with E-state index in [1.807, 2.05) is 21.1 Å². The van der Waals surface area contributed by atoms with Crippen LogP contribution in [0, 0.1) is 0 Å². The Hall–Kier alpha value is -3.49. The van der Waals surface area contributed by atoms with Crippen LogP contribution in [-0.4, -0.2) is 80.6 Å². The lowest BCUT2D eigenvalue weighted by Crippen LogP contribution is -2.50. The Morgan fingerprint density at radius 3 is 1.41 bits per heavy atom. The van der Waals surface area contributed by atoms with Gasteiger partial charge in [-0.15, -0.1) is 0 Å². The van der Waals surface area contributed by atoms with Gasteiger partial charge in [0, 0.05) is 19.3 Å². The van der Waals surface area contributed by atoms with Crippen molar-refractivity contribution in [1.29, 1.82) is 0 Å². The fourth-order valence-electron chi connectivity index (χ4n) is 6.57. The molecule has 0 aromatic rings. The molecular weight excluding hydrogens is 763 g/mol. The largest absolute Gasteiger partial charge is 0.477 e. The lowest BCUT2D eigenvalue weighted by Gasteiger charge is -2.31. The minimum atomic E-state index is -0.886. The molecule has 0 rings (SSSR count). The second kappa shape index (κ2) is 43.2. The van der Waals surface area contributed by atoms with Crippen LogP contribution in [0.3, 0.4) is 0 Å². The summed E-state index contributed by atoms with van der Waals surface area (Å²) >= 11 is 0. The number of esters is 2. The van der Waals surface area contributed by atoms with Crippen LogP contribution in [0.15, 0.2) is 85.1 Å². The monoisotopic (exact) mass is 853 g/mol. The second-order valence-corrected chi connectivity index (χ2v) is 17.0. The number of ether oxygens (including phenoxy) is 3. The number of unbranched alkanes of at least 4 members (excludes halogenated alkanes) is 14. The van der Waals surface area contributed by atoms with E-state index in [0.717, 1.165) is 77.0 Å². The Balaban J connectivity index is 4.40. The maximum atomic E-state index is 12.8. The Bertz CT molecular complexity index is 1270. The number of carbonyl (C=O) groups excluding carboxylic acids is 2. The SMILES string of the molecule is CC/C=C/C/C=C/C/C=C/C/C=C/CCCCCCCCCC(=O)OC(COCCC(C(=O)O)[N+](C)(C)C)COC(=O)CCC/C=C/C/C=C/C/C=C/CCCCCCCC. The Kier molecular flexibility index (Phi) is 40.7. The molecule has 0 saturated carbocycles. The van der Waals surface area contributed by atoms with Gasteiger partial charge in [-0.2, -0.15) is 0 Å². The molecular formula is C53H90NO7+. The first-order valence-corrected chi connectivity index (χ1v) is 24.1. The number of allylic oxidation sites excluding steroid dienone is 14. The third-order valence-electron chi connectivity index (χ3n) is 10.3. The van der Waals surface area contributed by atoms with E-state index in [-0.39, 0.29) is 42.7 Å². The van der Waals surface area contributed by atoms with E-state index in [4.69, 9.17) is 14.2 Å². The summed E-state index contributed by atoms with van der Waals surface area (Å²) < 4.78 is 17.3. The smallest absolute Gasteiger partial charge is 0.362 e. The maximum Gasteiger partial charge on any atom is 0.362 e. The molecule has 0 saturated heterocycles. The zero-order valence-corrected chi connectivity index (χ0v) is 39.6. The van der Waals surface area contributed by atoms with Gasteiger partial charge >= 0.3 is 17.9 Å². The summed E-state index contributed by atoms with van der Waals surface area (Å²) in [5.41, 5.74) is 0. The van der Waals surface area contributed by atoms with Crippen LogP contribution in [0.4, 0.5) is 0 Å². The number of hydrogen-bond donors (Lipinski definition) is 1. The molecule has 0 aliphatic carbocycles. The Morgan fingerprint density at radius 1 is 0.508 bits per heavy atom. The third kappa shape index (κ3) is 41.6. The highest BCUT2D eigenvalue weighted by atomic mass is 16.6. The highest BCUT2D eigenvalue weighted by Gasteiger charge is 2.31. The first-order valence-electron chi connectivity index (χ1n) is 24.1. The van der Waals surface area contributed by atoms with Crippen molar-refractivity contribution in [3.63, 3.8) is 0 Å². The van der Waals surface area contributed by atoms with Crippen LogP contribution >= 0.6 is 0 Å². The van der Waals surface area contributed by atoms with Crippen molar-refractivity contribution >= 4 is 17.9 Å². The van der Waals surface area contributed by atoms with Crippen molar-refractivity contribution in [2.45, 2.75) is 193 Å². The molecule has 2 unspecified atom stereocenters. The summed E-state index contributed by atoms with van der Waals surface area (Å²) in [6.07, 6.45) is 56.3. The zero-order chi connectivity index (χ0) is 44.9. The summed E-state index contributed by atoms with van der Waals surface area (Å²) in [4.78, 5) is 37.1. The van der Waals surface area contributed by atoms with E-state index in [9.17, 15) is 19.5 Å². The van der Waals surface area contributed by atoms with Crippen LogP contribution in [0.2, 0.25) is 0 Å². The topological polar surface area (TPSA) is 99.1 Å². The van der Waals surface area contributed by atoms with Crippen molar-refractivity contribution in [3.05, 3.63) is 85.1 Å². The number of carboxylic acids is 1. The molecule has 0 spiro atoms. The standard InChI is InChI=1S/C53H89NO7/c1-6-8-10-12-14-16-18-20-22-24-25-26-28-30-32-34-36-38-40-42-44-52(56)61-49(47-59-46-45-50(53(57)58)54(3,4)5)48-60-51(55)43-41-39-37-35-33-31-29-27-23-21-19-17-15-13-11-9-7-2/h8,10,14,16,20-23,25-26,29,31,35,37,49-50H,6-7,9,11-13,15,17-19,24,27-28,30,32-34,36,38-48H2,1-5H3/p+1/b10-8+,16-14+,22-20+,23-21+,26-25+,31-29+,37-35+. The van der Waals surface area contributed by atoms with E-state index in [1.54, 1.807) is 0 Å². The quantitative estimate of drug-likeness (QED) is 0.0283. The van der Waals surface area contributed by atoms with Crippen LogP contribution in [0.5, 0.6) is 0 Å². The first-order chi connectivity index (χ1) is 29.6. The number of aliphatic carboxylic acids is 1. The number of hydrogen-bond acceptors (Lipinski definition) is 6. The average molecular weight is 853 g/mol. The molecule has 0 aliphatic rings. The van der Waals surface area contributed by atoms with Crippen molar-refractivity contribution in [2.75, 3.05) is 41.0 Å². The van der Waals surface area contributed by atoms with Crippen LogP contribution in [0.25, 0.3) is 0 Å². The fraction of sp³-hybridized carbons (Fsp3) is 0.679. The Morgan fingerprint density at radius 2 is 0.934 bits per heavy atom. The van der Waals surface area contributed by atoms with Gasteiger partial charge in [0.15, 0.2) is 12.1 Å². The van der Waals surface area contributed by atoms with E-state index in [1.165, 1.54) is 64.2 Å². The number of nitrogens with zero attached hydrogens (tertiary/aromatic N) is 1. The summed E-state index contributed by atoms with van der Waals surface area (Å²) in [7, 11) is 5.50. The predicted molar refractivity (Wildman–Crippen MR) is 256 cm³/mol. The van der Waals surface area contributed by atoms with E-state index < -0.39 is 18.1 Å². The van der Waals surface area contributed by atoms with Crippen molar-refractivity contribution in [1.82, 2.24) is 0 Å². The van der Waals surface area contributed by atoms with Crippen molar-refractivity contribution in [2.24, 2.45) is 0 Å². The molecule has 0 bridgehead atoms. The highest BCUT2D eigenvalue weighted by Crippen LogP contribution is 2.13. The van der Waals surface area contributed by atoms with Gasteiger partial charge < -0.3 is 23.8 Å². The molecule has 0 fully saturated rings. The molecule has 0 amide bonds. The van der Waals surface area contributed by atoms with Gasteiger partial charge in [-0.05, 0) is 83.5 Å². The molecule has 61 heavy (non-hydrogen) atoms. The average Bonchev–Trinajstić information content (AvgIpc) is 3.22. The second-order valence-electron chi connectivity index (χ2n) is 17.0. The summed E-state index contributed by atoms with van der Waals surface area (Å²) in [5, 5.41) is 9.64. The number of carboxylic acid groups (broad SMARTS) is 1. The van der Waals surface area contributed by atoms with Crippen molar-refractivity contribution in [3.8, 4) is 0 Å². The van der Waals surface area contributed by atoms with E-state index in [0.29, 0.717) is 19.3 Å². The van der Waals surface area contributed by atoms with Gasteiger partial charge in [0.1, 0.15) is 6.61 Å². The number of likely N-dealkylation sites (N-methyl/N-ethyl adjacent to an activating group) is 1. The van der Waals surface area contributed by atoms with E-state index >= 15 is 0 Å². The van der Waals surface area contributed by atoms with Gasteiger partial charge in [0.05, 0.1) is 34.4 Å². The Labute approximate surface area is 373 Å². The lowest BCUT2D eigenvalue weighted by atomic mass is 10.1. The first kappa shape index (κ1) is 57.5. The van der Waals surface area contributed by atoms with E-state index in [2.05, 4.69) is 98.9 Å². The third-order valence-corrected chi connectivity index (χ3v) is 10.3. The molecule has 0 aromatic heterocycles. The zero-order valence-electron chi connectivity index (χ0n) is 39.6. The molecule has 8 nitrogen and oxygen atoms in total. The van der Waals surface area contributed by atoms with Crippen LogP contribution < -0.4 is 0 Å². The van der Waals surface area contributed by atoms with Gasteiger partial charge in [0.2, 0.25) is 0 Å². The van der Waals surface area contributed by atoms with Gasteiger partial charge in [-0.3, -0.25) is 9.59 Å². The minimum Gasteiger partial charge on any atom is -0.477 e. The molecule has 0 aromatic carbocycles. The van der Waals surface area contributed by atoms with Crippen LogP contribution in [-0.2, 0) is 28.6 Å². The van der Waals surface area contributed by atoms with Crippen LogP contribution in [0.1, 0.15) is 181 Å². The lowest BCUT2D eigenvalue weighted by molar-refractivity contribution is -0.887. The molecule has 0 radical (unpaired) electrons. The summed E-state index contributed by atoms with van der Waals surface area (Å²) in [6.45, 7) is 4.54. The molecule has 0 aliphatic heterocycles. The number of quaternary nitrogens is 1. The molecule has 2 atom stereocenters. The maximum absolute atomic E-state index is 12.8. The minimum absolute atomic E-state index is 0.0363. The van der Waals surface area contributed by atoms with Gasteiger partial charge in [-0.1, -0.05) is 163 Å².